The molecule has 0 aromatic heterocycles. The number of nitrogens with one attached hydrogen (secondary N) is 1. The second-order valence-corrected chi connectivity index (χ2v) is 6.21. The fraction of sp³-hybridized carbons (Fsp3) is 0.130. The lowest BCUT2D eigenvalue weighted by atomic mass is 10.1. The molecule has 0 heterocycles. The number of hydrogen-bond donors (Lipinski definition) is 1. The van der Waals surface area contributed by atoms with Crippen molar-refractivity contribution in [1.82, 2.24) is 0 Å². The standard InChI is InChI=1S/C23H21NO6/c1-27-22(25)15-16-3-7-18(8-4-16)29-20-11-13-21(14-12-20)30-19-9-5-17(6-10-19)24-23(26)28-2/h3-14H,15H2,1-2H3,(H,24,26). The molecule has 0 aliphatic rings. The summed E-state index contributed by atoms with van der Waals surface area (Å²) in [5.41, 5.74) is 1.46. The quantitative estimate of drug-likeness (QED) is 0.545. The molecule has 3 aromatic carbocycles. The topological polar surface area (TPSA) is 83.1 Å². The molecule has 7 heteroatoms. The second kappa shape index (κ2) is 9.97. The van der Waals surface area contributed by atoms with Gasteiger partial charge in [0.25, 0.3) is 0 Å². The van der Waals surface area contributed by atoms with E-state index in [1.165, 1.54) is 14.2 Å². The van der Waals surface area contributed by atoms with E-state index in [-0.39, 0.29) is 12.4 Å². The summed E-state index contributed by atoms with van der Waals surface area (Å²) in [4.78, 5) is 22.5. The minimum Gasteiger partial charge on any atom is -0.469 e. The number of amides is 1. The number of methoxy groups -OCH3 is 2. The minimum atomic E-state index is -0.530. The van der Waals surface area contributed by atoms with Crippen LogP contribution in [-0.4, -0.2) is 26.3 Å². The summed E-state index contributed by atoms with van der Waals surface area (Å²) in [5.74, 6) is 2.30. The number of carbonyl (C=O) groups is 2. The Morgan fingerprint density at radius 3 is 1.53 bits per heavy atom. The van der Waals surface area contributed by atoms with Gasteiger partial charge in [-0.2, -0.15) is 0 Å². The van der Waals surface area contributed by atoms with E-state index in [9.17, 15) is 9.59 Å². The third-order valence-electron chi connectivity index (χ3n) is 4.08. The molecular formula is C23H21NO6. The average Bonchev–Trinajstić information content (AvgIpc) is 2.77. The first kappa shape index (κ1) is 20.7. The van der Waals surface area contributed by atoms with Crippen molar-refractivity contribution >= 4 is 17.7 Å². The van der Waals surface area contributed by atoms with Crippen molar-refractivity contribution in [3.05, 3.63) is 78.4 Å². The van der Waals surface area contributed by atoms with Gasteiger partial charge in [-0.3, -0.25) is 10.1 Å². The number of rotatable bonds is 7. The highest BCUT2D eigenvalue weighted by atomic mass is 16.5. The lowest BCUT2D eigenvalue weighted by Crippen LogP contribution is -2.10. The van der Waals surface area contributed by atoms with Crippen molar-refractivity contribution in [3.63, 3.8) is 0 Å². The molecule has 0 saturated heterocycles. The van der Waals surface area contributed by atoms with Crippen LogP contribution in [0.15, 0.2) is 72.8 Å². The summed E-state index contributed by atoms with van der Waals surface area (Å²) < 4.78 is 20.8. The highest BCUT2D eigenvalue weighted by molar-refractivity contribution is 5.84. The van der Waals surface area contributed by atoms with Crippen molar-refractivity contribution in [2.75, 3.05) is 19.5 Å². The maximum absolute atomic E-state index is 11.3. The molecule has 0 spiro atoms. The molecule has 0 aliphatic carbocycles. The van der Waals surface area contributed by atoms with Gasteiger partial charge in [-0.15, -0.1) is 0 Å². The van der Waals surface area contributed by atoms with Crippen LogP contribution in [0.4, 0.5) is 10.5 Å². The molecule has 0 radical (unpaired) electrons. The summed E-state index contributed by atoms with van der Waals surface area (Å²) >= 11 is 0. The molecule has 0 fully saturated rings. The number of esters is 1. The fourth-order valence-corrected chi connectivity index (χ4v) is 2.54. The van der Waals surface area contributed by atoms with E-state index >= 15 is 0 Å². The van der Waals surface area contributed by atoms with Gasteiger partial charge in [0.2, 0.25) is 0 Å². The number of carbonyl (C=O) groups excluding carboxylic acids is 2. The Morgan fingerprint density at radius 1 is 0.667 bits per heavy atom. The molecule has 154 valence electrons. The summed E-state index contributed by atoms with van der Waals surface area (Å²) in [6.07, 6.45) is -0.305. The molecular weight excluding hydrogens is 386 g/mol. The number of benzene rings is 3. The predicted molar refractivity (Wildman–Crippen MR) is 111 cm³/mol. The van der Waals surface area contributed by atoms with Crippen LogP contribution in [-0.2, 0) is 20.7 Å². The Bertz CT molecular complexity index is 899. The van der Waals surface area contributed by atoms with Crippen LogP contribution in [0.3, 0.4) is 0 Å². The third-order valence-corrected chi connectivity index (χ3v) is 4.08. The summed E-state index contributed by atoms with van der Waals surface area (Å²) in [7, 11) is 2.67. The minimum absolute atomic E-state index is 0.225. The molecule has 0 saturated carbocycles. The van der Waals surface area contributed by atoms with Crippen molar-refractivity contribution in [2.24, 2.45) is 0 Å². The zero-order chi connectivity index (χ0) is 21.3. The van der Waals surface area contributed by atoms with Gasteiger partial charge in [-0.25, -0.2) is 4.79 Å². The first-order chi connectivity index (χ1) is 14.6. The molecule has 0 aliphatic heterocycles. The van der Waals surface area contributed by atoms with Crippen LogP contribution in [0.25, 0.3) is 0 Å². The highest BCUT2D eigenvalue weighted by Gasteiger charge is 2.05. The zero-order valence-electron chi connectivity index (χ0n) is 16.6. The number of ether oxygens (including phenoxy) is 4. The summed E-state index contributed by atoms with van der Waals surface area (Å²) in [5, 5.41) is 2.57. The molecule has 0 unspecified atom stereocenters. The van der Waals surface area contributed by atoms with Gasteiger partial charge in [0, 0.05) is 5.69 Å². The van der Waals surface area contributed by atoms with Gasteiger partial charge in [-0.1, -0.05) is 12.1 Å². The Morgan fingerprint density at radius 2 is 1.10 bits per heavy atom. The smallest absolute Gasteiger partial charge is 0.411 e. The molecule has 0 bridgehead atoms. The van der Waals surface area contributed by atoms with E-state index in [0.717, 1.165) is 5.56 Å². The van der Waals surface area contributed by atoms with Crippen molar-refractivity contribution in [1.29, 1.82) is 0 Å². The van der Waals surface area contributed by atoms with E-state index in [4.69, 9.17) is 9.47 Å². The summed E-state index contributed by atoms with van der Waals surface area (Å²) in [6.45, 7) is 0. The highest BCUT2D eigenvalue weighted by Crippen LogP contribution is 2.27. The predicted octanol–water partition coefficient (Wildman–Crippen LogP) is 5.17. The SMILES string of the molecule is COC(=O)Cc1ccc(Oc2ccc(Oc3ccc(NC(=O)OC)cc3)cc2)cc1. The van der Waals surface area contributed by atoms with E-state index < -0.39 is 6.09 Å². The van der Waals surface area contributed by atoms with Crippen LogP contribution in [0.2, 0.25) is 0 Å². The van der Waals surface area contributed by atoms with Gasteiger partial charge in [0.15, 0.2) is 0 Å². The zero-order valence-corrected chi connectivity index (χ0v) is 16.6. The van der Waals surface area contributed by atoms with Crippen LogP contribution >= 0.6 is 0 Å². The number of hydrogen-bond acceptors (Lipinski definition) is 6. The van der Waals surface area contributed by atoms with Crippen molar-refractivity contribution in [2.45, 2.75) is 6.42 Å². The maximum atomic E-state index is 11.3. The molecule has 30 heavy (non-hydrogen) atoms. The van der Waals surface area contributed by atoms with Crippen molar-refractivity contribution in [3.8, 4) is 23.0 Å². The third kappa shape index (κ3) is 6.00. The van der Waals surface area contributed by atoms with Gasteiger partial charge in [0.1, 0.15) is 23.0 Å². The molecule has 0 atom stereocenters. The lowest BCUT2D eigenvalue weighted by molar-refractivity contribution is -0.139. The first-order valence-electron chi connectivity index (χ1n) is 9.12. The van der Waals surface area contributed by atoms with E-state index in [1.54, 1.807) is 60.7 Å². The van der Waals surface area contributed by atoms with Crippen LogP contribution in [0.5, 0.6) is 23.0 Å². The van der Waals surface area contributed by atoms with E-state index in [1.807, 2.05) is 12.1 Å². The monoisotopic (exact) mass is 407 g/mol. The van der Waals surface area contributed by atoms with E-state index in [2.05, 4.69) is 14.8 Å². The van der Waals surface area contributed by atoms with Gasteiger partial charge < -0.3 is 18.9 Å². The maximum Gasteiger partial charge on any atom is 0.411 e. The van der Waals surface area contributed by atoms with Crippen molar-refractivity contribution < 1.29 is 28.5 Å². The Kier molecular flexibility index (Phi) is 6.89. The largest absolute Gasteiger partial charge is 0.469 e. The van der Waals surface area contributed by atoms with E-state index in [0.29, 0.717) is 28.7 Å². The van der Waals surface area contributed by atoms with Crippen LogP contribution in [0, 0.1) is 0 Å². The average molecular weight is 407 g/mol. The van der Waals surface area contributed by atoms with Crippen LogP contribution < -0.4 is 14.8 Å². The van der Waals surface area contributed by atoms with Gasteiger partial charge in [-0.05, 0) is 66.2 Å². The first-order valence-corrected chi connectivity index (χ1v) is 9.12. The van der Waals surface area contributed by atoms with Crippen LogP contribution in [0.1, 0.15) is 5.56 Å². The second-order valence-electron chi connectivity index (χ2n) is 6.21. The lowest BCUT2D eigenvalue weighted by Gasteiger charge is -2.09. The molecule has 3 rings (SSSR count). The molecule has 1 N–H and O–H groups in total. The number of anilines is 1. The summed E-state index contributed by atoms with van der Waals surface area (Å²) in [6, 6.07) is 21.3. The Labute approximate surface area is 174 Å². The normalized spacial score (nSPS) is 10.1. The Balaban J connectivity index is 1.56. The molecule has 7 nitrogen and oxygen atoms in total. The Hall–Kier alpha value is -4.00. The van der Waals surface area contributed by atoms with Gasteiger partial charge in [0.05, 0.1) is 20.6 Å². The fourth-order valence-electron chi connectivity index (χ4n) is 2.54. The molecule has 3 aromatic rings. The van der Waals surface area contributed by atoms with Gasteiger partial charge >= 0.3 is 12.1 Å². The molecule has 1 amide bonds.